The second-order valence-electron chi connectivity index (χ2n) is 5.83. The van der Waals surface area contributed by atoms with Crippen molar-refractivity contribution < 1.29 is 5.11 Å². The highest BCUT2D eigenvalue weighted by Gasteiger charge is 2.31. The molecule has 0 radical (unpaired) electrons. The van der Waals surface area contributed by atoms with E-state index in [2.05, 4.69) is 28.7 Å². The molecule has 1 heterocycles. The molecule has 114 valence electrons. The number of hydrogen-bond acceptors (Lipinski definition) is 4. The van der Waals surface area contributed by atoms with Crippen LogP contribution in [0.4, 0.5) is 0 Å². The Kier molecular flexibility index (Phi) is 6.49. The van der Waals surface area contributed by atoms with E-state index in [9.17, 15) is 5.11 Å². The molecule has 0 spiro atoms. The third kappa shape index (κ3) is 3.82. The quantitative estimate of drug-likeness (QED) is 0.812. The van der Waals surface area contributed by atoms with Crippen molar-refractivity contribution in [2.24, 2.45) is 5.73 Å². The molecule has 0 bridgehead atoms. The molecule has 1 saturated carbocycles. The predicted octanol–water partition coefficient (Wildman–Crippen LogP) is 3.15. The predicted molar refractivity (Wildman–Crippen MR) is 86.0 cm³/mol. The molecule has 1 aromatic rings. The summed E-state index contributed by atoms with van der Waals surface area (Å²) in [6.45, 7) is 3.11. The van der Waals surface area contributed by atoms with Crippen molar-refractivity contribution in [3.63, 3.8) is 0 Å². The van der Waals surface area contributed by atoms with Gasteiger partial charge in [0.05, 0.1) is 12.6 Å². The smallest absolute Gasteiger partial charge is 0.0558 e. The highest BCUT2D eigenvalue weighted by molar-refractivity contribution is 7.07. The van der Waals surface area contributed by atoms with Crippen LogP contribution in [0.2, 0.25) is 0 Å². The van der Waals surface area contributed by atoms with Gasteiger partial charge in [-0.1, -0.05) is 26.2 Å². The Bertz CT molecular complexity index is 363. The number of nitrogens with two attached hydrogens (primary N) is 1. The van der Waals surface area contributed by atoms with E-state index >= 15 is 0 Å². The minimum absolute atomic E-state index is 0.137. The fourth-order valence-corrected chi connectivity index (χ4v) is 4.12. The minimum atomic E-state index is 0.137. The van der Waals surface area contributed by atoms with Gasteiger partial charge in [0, 0.05) is 18.6 Å². The fraction of sp³-hybridized carbons (Fsp3) is 0.750. The Morgan fingerprint density at radius 2 is 2.15 bits per heavy atom. The maximum absolute atomic E-state index is 9.49. The van der Waals surface area contributed by atoms with E-state index in [-0.39, 0.29) is 18.7 Å². The molecule has 0 aliphatic heterocycles. The van der Waals surface area contributed by atoms with Gasteiger partial charge in [-0.3, -0.25) is 4.90 Å². The van der Waals surface area contributed by atoms with Crippen molar-refractivity contribution in [3.05, 3.63) is 22.4 Å². The lowest BCUT2D eigenvalue weighted by molar-refractivity contribution is 0.0667. The van der Waals surface area contributed by atoms with Crippen LogP contribution in [0, 0.1) is 0 Å². The third-order valence-electron chi connectivity index (χ3n) is 4.52. The zero-order chi connectivity index (χ0) is 14.4. The molecular weight excluding hydrogens is 268 g/mol. The zero-order valence-electron chi connectivity index (χ0n) is 12.5. The Hall–Kier alpha value is -0.420. The summed E-state index contributed by atoms with van der Waals surface area (Å²) in [5.41, 5.74) is 7.75. The molecular formula is C16H28N2OS. The van der Waals surface area contributed by atoms with Crippen molar-refractivity contribution in [2.75, 3.05) is 13.2 Å². The molecule has 2 unspecified atom stereocenters. The van der Waals surface area contributed by atoms with E-state index in [1.54, 1.807) is 11.3 Å². The summed E-state index contributed by atoms with van der Waals surface area (Å²) in [5, 5.41) is 13.8. The van der Waals surface area contributed by atoms with E-state index in [0.717, 1.165) is 13.0 Å². The summed E-state index contributed by atoms with van der Waals surface area (Å²) in [6.07, 6.45) is 7.43. The zero-order valence-corrected chi connectivity index (χ0v) is 13.3. The lowest BCUT2D eigenvalue weighted by Crippen LogP contribution is -2.47. The number of rotatable bonds is 7. The number of aliphatic hydroxyl groups excluding tert-OH is 1. The van der Waals surface area contributed by atoms with E-state index in [1.807, 2.05) is 0 Å². The fourth-order valence-electron chi connectivity index (χ4n) is 3.43. The Morgan fingerprint density at radius 3 is 2.70 bits per heavy atom. The molecule has 0 amide bonds. The van der Waals surface area contributed by atoms with Crippen LogP contribution in [-0.4, -0.2) is 35.2 Å². The third-order valence-corrected chi connectivity index (χ3v) is 5.22. The average molecular weight is 296 g/mol. The first-order chi connectivity index (χ1) is 9.77. The van der Waals surface area contributed by atoms with Gasteiger partial charge < -0.3 is 10.8 Å². The van der Waals surface area contributed by atoms with Crippen LogP contribution in [0.15, 0.2) is 16.8 Å². The summed E-state index contributed by atoms with van der Waals surface area (Å²) < 4.78 is 0. The van der Waals surface area contributed by atoms with Crippen molar-refractivity contribution in [3.8, 4) is 0 Å². The normalized spacial score (nSPS) is 20.2. The molecule has 4 heteroatoms. The Morgan fingerprint density at radius 1 is 1.40 bits per heavy atom. The van der Waals surface area contributed by atoms with Gasteiger partial charge in [0.15, 0.2) is 0 Å². The van der Waals surface area contributed by atoms with E-state index in [0.29, 0.717) is 6.04 Å². The van der Waals surface area contributed by atoms with Gasteiger partial charge >= 0.3 is 0 Å². The van der Waals surface area contributed by atoms with Crippen LogP contribution in [-0.2, 0) is 0 Å². The molecule has 3 nitrogen and oxygen atoms in total. The standard InChI is InChI=1S/C16H28N2OS/c1-2-15(17)16(13-8-11-20-12-13)18(9-10-19)14-6-4-3-5-7-14/h8,11-12,14-16,19H,2-7,9-10,17H2,1H3. The molecule has 1 aromatic heterocycles. The molecule has 0 saturated heterocycles. The van der Waals surface area contributed by atoms with Crippen LogP contribution in [0.1, 0.15) is 57.1 Å². The van der Waals surface area contributed by atoms with Gasteiger partial charge in [-0.2, -0.15) is 11.3 Å². The minimum Gasteiger partial charge on any atom is -0.395 e. The first kappa shape index (κ1) is 16.0. The lowest BCUT2D eigenvalue weighted by Gasteiger charge is -2.42. The Labute approximate surface area is 126 Å². The van der Waals surface area contributed by atoms with Crippen LogP contribution < -0.4 is 5.73 Å². The van der Waals surface area contributed by atoms with Crippen LogP contribution in [0.5, 0.6) is 0 Å². The molecule has 1 aliphatic rings. The molecule has 3 N–H and O–H groups in total. The molecule has 2 rings (SSSR count). The topological polar surface area (TPSA) is 49.5 Å². The molecule has 1 fully saturated rings. The van der Waals surface area contributed by atoms with Gasteiger partial charge in [0.2, 0.25) is 0 Å². The Balaban J connectivity index is 2.21. The summed E-state index contributed by atoms with van der Waals surface area (Å²) in [7, 11) is 0. The lowest BCUT2D eigenvalue weighted by atomic mass is 9.90. The van der Waals surface area contributed by atoms with Crippen molar-refractivity contribution in [2.45, 2.75) is 63.6 Å². The van der Waals surface area contributed by atoms with Gasteiger partial charge in [-0.05, 0) is 41.7 Å². The van der Waals surface area contributed by atoms with Crippen molar-refractivity contribution >= 4 is 11.3 Å². The number of thiophene rings is 1. The van der Waals surface area contributed by atoms with Gasteiger partial charge in [-0.15, -0.1) is 0 Å². The number of nitrogens with zero attached hydrogens (tertiary/aromatic N) is 1. The largest absolute Gasteiger partial charge is 0.395 e. The number of hydrogen-bond donors (Lipinski definition) is 2. The summed E-state index contributed by atoms with van der Waals surface area (Å²) >= 11 is 1.73. The highest BCUT2D eigenvalue weighted by atomic mass is 32.1. The maximum Gasteiger partial charge on any atom is 0.0558 e. The summed E-state index contributed by atoms with van der Waals surface area (Å²) in [5.74, 6) is 0. The second-order valence-corrected chi connectivity index (χ2v) is 6.61. The maximum atomic E-state index is 9.49. The monoisotopic (exact) mass is 296 g/mol. The van der Waals surface area contributed by atoms with Gasteiger partial charge in [0.1, 0.15) is 0 Å². The van der Waals surface area contributed by atoms with Crippen LogP contribution in [0.3, 0.4) is 0 Å². The summed E-state index contributed by atoms with van der Waals surface area (Å²) in [4.78, 5) is 2.48. The van der Waals surface area contributed by atoms with E-state index in [4.69, 9.17) is 5.73 Å². The van der Waals surface area contributed by atoms with Crippen LogP contribution >= 0.6 is 11.3 Å². The number of aliphatic hydroxyl groups is 1. The first-order valence-electron chi connectivity index (χ1n) is 7.92. The SMILES string of the molecule is CCC(N)C(c1ccsc1)N(CCO)C1CCCCC1. The van der Waals surface area contributed by atoms with Gasteiger partial charge in [0.25, 0.3) is 0 Å². The van der Waals surface area contributed by atoms with Crippen molar-refractivity contribution in [1.82, 2.24) is 4.90 Å². The van der Waals surface area contributed by atoms with E-state index < -0.39 is 0 Å². The first-order valence-corrected chi connectivity index (χ1v) is 8.86. The summed E-state index contributed by atoms with van der Waals surface area (Å²) in [6, 6.07) is 3.16. The highest BCUT2D eigenvalue weighted by Crippen LogP contribution is 2.33. The molecule has 2 atom stereocenters. The van der Waals surface area contributed by atoms with E-state index in [1.165, 1.54) is 37.7 Å². The van der Waals surface area contributed by atoms with Gasteiger partial charge in [-0.25, -0.2) is 0 Å². The molecule has 1 aliphatic carbocycles. The average Bonchev–Trinajstić information content (AvgIpc) is 3.01. The second kappa shape index (κ2) is 8.13. The molecule has 0 aromatic carbocycles. The molecule has 20 heavy (non-hydrogen) atoms. The van der Waals surface area contributed by atoms with Crippen LogP contribution in [0.25, 0.3) is 0 Å². The van der Waals surface area contributed by atoms with Crippen molar-refractivity contribution in [1.29, 1.82) is 0 Å².